The first-order valence-corrected chi connectivity index (χ1v) is 6.12. The lowest BCUT2D eigenvalue weighted by Gasteiger charge is -2.09. The van der Waals surface area contributed by atoms with Crippen LogP contribution in [0.15, 0.2) is 22.6 Å². The molecule has 0 bridgehead atoms. The molecule has 1 N–H and O–H groups in total. The van der Waals surface area contributed by atoms with Crippen LogP contribution in [0, 0.1) is 0 Å². The molecule has 1 aliphatic heterocycles. The van der Waals surface area contributed by atoms with Gasteiger partial charge in [0, 0.05) is 12.7 Å². The van der Waals surface area contributed by atoms with E-state index in [4.69, 9.17) is 13.9 Å². The summed E-state index contributed by atoms with van der Waals surface area (Å²) in [5.74, 6) is 1.47. The minimum atomic E-state index is 0.0332. The normalized spacial score (nSPS) is 20.8. The first-order chi connectivity index (χ1) is 8.86. The van der Waals surface area contributed by atoms with Crippen molar-refractivity contribution in [3.05, 3.63) is 24.1 Å². The van der Waals surface area contributed by atoms with E-state index in [0.29, 0.717) is 12.5 Å². The monoisotopic (exact) mass is 248 g/mol. The Hall–Kier alpha value is -1.59. The second kappa shape index (κ2) is 4.96. The maximum Gasteiger partial charge on any atom is 0.215 e. The molecule has 1 unspecified atom stereocenters. The van der Waals surface area contributed by atoms with Crippen LogP contribution in [0.3, 0.4) is 0 Å². The molecular weight excluding hydrogens is 232 g/mol. The van der Waals surface area contributed by atoms with Crippen molar-refractivity contribution in [3.8, 4) is 5.75 Å². The fraction of sp³-hybridized carbons (Fsp3) is 0.462. The van der Waals surface area contributed by atoms with Gasteiger partial charge in [0.1, 0.15) is 17.3 Å². The smallest absolute Gasteiger partial charge is 0.215 e. The Morgan fingerprint density at radius 3 is 3.28 bits per heavy atom. The number of methoxy groups -OCH3 is 1. The SMILES string of the molecule is COc1ccc2oc(C3COCCCN3)nc2c1. The van der Waals surface area contributed by atoms with Crippen molar-refractivity contribution < 1.29 is 13.9 Å². The van der Waals surface area contributed by atoms with Gasteiger partial charge in [-0.2, -0.15) is 0 Å². The Morgan fingerprint density at radius 2 is 2.39 bits per heavy atom. The third-order valence-electron chi connectivity index (χ3n) is 3.05. The van der Waals surface area contributed by atoms with Crippen molar-refractivity contribution in [3.63, 3.8) is 0 Å². The highest BCUT2D eigenvalue weighted by Crippen LogP contribution is 2.24. The van der Waals surface area contributed by atoms with Gasteiger partial charge in [0.2, 0.25) is 5.89 Å². The summed E-state index contributed by atoms with van der Waals surface area (Å²) >= 11 is 0. The van der Waals surface area contributed by atoms with E-state index in [-0.39, 0.29) is 6.04 Å². The number of nitrogens with one attached hydrogen (secondary N) is 1. The van der Waals surface area contributed by atoms with Gasteiger partial charge < -0.3 is 19.2 Å². The minimum absolute atomic E-state index is 0.0332. The topological polar surface area (TPSA) is 56.5 Å². The Bertz CT molecular complexity index is 530. The van der Waals surface area contributed by atoms with Crippen molar-refractivity contribution in [2.75, 3.05) is 26.9 Å². The summed E-state index contributed by atoms with van der Waals surface area (Å²) in [6, 6.07) is 5.65. The van der Waals surface area contributed by atoms with Crippen LogP contribution in [-0.4, -0.2) is 31.9 Å². The van der Waals surface area contributed by atoms with Crippen molar-refractivity contribution in [2.45, 2.75) is 12.5 Å². The molecule has 2 heterocycles. The van der Waals surface area contributed by atoms with Crippen LogP contribution in [0.4, 0.5) is 0 Å². The molecular formula is C13H16N2O3. The van der Waals surface area contributed by atoms with E-state index in [1.165, 1.54) is 0 Å². The molecule has 1 aliphatic rings. The summed E-state index contributed by atoms with van der Waals surface area (Å²) in [6.07, 6.45) is 1.02. The lowest BCUT2D eigenvalue weighted by Crippen LogP contribution is -2.23. The highest BCUT2D eigenvalue weighted by molar-refractivity contribution is 5.74. The Labute approximate surface area is 105 Å². The zero-order valence-electron chi connectivity index (χ0n) is 10.3. The van der Waals surface area contributed by atoms with Crippen molar-refractivity contribution in [2.24, 2.45) is 0 Å². The number of rotatable bonds is 2. The largest absolute Gasteiger partial charge is 0.497 e. The molecule has 5 nitrogen and oxygen atoms in total. The molecule has 2 aromatic rings. The Morgan fingerprint density at radius 1 is 1.44 bits per heavy atom. The van der Waals surface area contributed by atoms with Crippen LogP contribution >= 0.6 is 0 Å². The number of aromatic nitrogens is 1. The fourth-order valence-corrected chi connectivity index (χ4v) is 2.07. The summed E-state index contributed by atoms with van der Waals surface area (Å²) < 4.78 is 16.4. The molecule has 1 aromatic heterocycles. The molecule has 1 fully saturated rings. The van der Waals surface area contributed by atoms with E-state index < -0.39 is 0 Å². The first kappa shape index (κ1) is 11.5. The van der Waals surface area contributed by atoms with E-state index in [1.54, 1.807) is 7.11 Å². The predicted octanol–water partition coefficient (Wildman–Crippen LogP) is 1.89. The van der Waals surface area contributed by atoms with E-state index in [2.05, 4.69) is 10.3 Å². The highest BCUT2D eigenvalue weighted by Gasteiger charge is 2.20. The second-order valence-corrected chi connectivity index (χ2v) is 4.32. The number of nitrogens with zero attached hydrogens (tertiary/aromatic N) is 1. The van der Waals surface area contributed by atoms with Crippen LogP contribution < -0.4 is 10.1 Å². The molecule has 96 valence electrons. The van der Waals surface area contributed by atoms with Gasteiger partial charge in [-0.25, -0.2) is 4.98 Å². The quantitative estimate of drug-likeness (QED) is 0.879. The summed E-state index contributed by atoms with van der Waals surface area (Å²) in [7, 11) is 1.64. The Kier molecular flexibility index (Phi) is 3.17. The molecule has 0 amide bonds. The van der Waals surface area contributed by atoms with Gasteiger partial charge in [0.05, 0.1) is 13.7 Å². The molecule has 1 saturated heterocycles. The molecule has 5 heteroatoms. The average molecular weight is 248 g/mol. The first-order valence-electron chi connectivity index (χ1n) is 6.12. The lowest BCUT2D eigenvalue weighted by atomic mass is 10.3. The van der Waals surface area contributed by atoms with Crippen molar-refractivity contribution in [1.82, 2.24) is 10.3 Å². The number of hydrogen-bond donors (Lipinski definition) is 1. The van der Waals surface area contributed by atoms with Crippen LogP contribution in [-0.2, 0) is 4.74 Å². The molecule has 0 saturated carbocycles. The van der Waals surface area contributed by atoms with E-state index >= 15 is 0 Å². The molecule has 0 aliphatic carbocycles. The number of benzene rings is 1. The lowest BCUT2D eigenvalue weighted by molar-refractivity contribution is 0.125. The minimum Gasteiger partial charge on any atom is -0.497 e. The van der Waals surface area contributed by atoms with Crippen LogP contribution in [0.5, 0.6) is 5.75 Å². The van der Waals surface area contributed by atoms with Gasteiger partial charge in [0.15, 0.2) is 5.58 Å². The van der Waals surface area contributed by atoms with Crippen LogP contribution in [0.2, 0.25) is 0 Å². The van der Waals surface area contributed by atoms with Gasteiger partial charge in [-0.15, -0.1) is 0 Å². The maximum atomic E-state index is 5.75. The average Bonchev–Trinajstić information content (AvgIpc) is 2.63. The molecule has 0 radical (unpaired) electrons. The van der Waals surface area contributed by atoms with Crippen LogP contribution in [0.1, 0.15) is 18.4 Å². The van der Waals surface area contributed by atoms with E-state index in [0.717, 1.165) is 36.4 Å². The highest BCUT2D eigenvalue weighted by atomic mass is 16.5. The third kappa shape index (κ3) is 2.19. The number of hydrogen-bond acceptors (Lipinski definition) is 5. The van der Waals surface area contributed by atoms with E-state index in [9.17, 15) is 0 Å². The van der Waals surface area contributed by atoms with Crippen molar-refractivity contribution >= 4 is 11.1 Å². The van der Waals surface area contributed by atoms with Gasteiger partial charge in [-0.05, 0) is 25.1 Å². The zero-order chi connectivity index (χ0) is 12.4. The zero-order valence-corrected chi connectivity index (χ0v) is 10.3. The summed E-state index contributed by atoms with van der Waals surface area (Å²) in [5.41, 5.74) is 1.59. The van der Waals surface area contributed by atoms with E-state index in [1.807, 2.05) is 18.2 Å². The Balaban J connectivity index is 1.91. The van der Waals surface area contributed by atoms with Gasteiger partial charge >= 0.3 is 0 Å². The van der Waals surface area contributed by atoms with Crippen LogP contribution in [0.25, 0.3) is 11.1 Å². The van der Waals surface area contributed by atoms with Gasteiger partial charge in [-0.3, -0.25) is 0 Å². The molecule has 1 atom stereocenters. The fourth-order valence-electron chi connectivity index (χ4n) is 2.07. The molecule has 0 spiro atoms. The molecule has 18 heavy (non-hydrogen) atoms. The standard InChI is InChI=1S/C13H16N2O3/c1-16-9-3-4-12-10(7-9)15-13(18-12)11-8-17-6-2-5-14-11/h3-4,7,11,14H,2,5-6,8H2,1H3. The predicted molar refractivity (Wildman–Crippen MR) is 66.7 cm³/mol. The van der Waals surface area contributed by atoms with Crippen molar-refractivity contribution in [1.29, 1.82) is 0 Å². The number of oxazole rings is 1. The summed E-state index contributed by atoms with van der Waals surface area (Å²) in [4.78, 5) is 4.50. The number of ether oxygens (including phenoxy) is 2. The summed E-state index contributed by atoms with van der Waals surface area (Å²) in [5, 5.41) is 3.37. The number of fused-ring (bicyclic) bond motifs is 1. The van der Waals surface area contributed by atoms with Gasteiger partial charge in [-0.1, -0.05) is 0 Å². The second-order valence-electron chi connectivity index (χ2n) is 4.32. The maximum absolute atomic E-state index is 5.75. The molecule has 3 rings (SSSR count). The summed E-state index contributed by atoms with van der Waals surface area (Å²) in [6.45, 7) is 2.31. The molecule has 1 aromatic carbocycles. The third-order valence-corrected chi connectivity index (χ3v) is 3.05. The van der Waals surface area contributed by atoms with Gasteiger partial charge in [0.25, 0.3) is 0 Å².